The van der Waals surface area contributed by atoms with Gasteiger partial charge in [-0.2, -0.15) is 0 Å². The lowest BCUT2D eigenvalue weighted by Crippen LogP contribution is -2.14. The van der Waals surface area contributed by atoms with Crippen LogP contribution in [0.5, 0.6) is 0 Å². The average molecular weight is 256 g/mol. The molecule has 0 amide bonds. The van der Waals surface area contributed by atoms with Crippen LogP contribution in [0, 0.1) is 5.82 Å². The summed E-state index contributed by atoms with van der Waals surface area (Å²) >= 11 is 0. The van der Waals surface area contributed by atoms with Crippen LogP contribution in [0.3, 0.4) is 0 Å². The lowest BCUT2D eigenvalue weighted by Gasteiger charge is -2.21. The fourth-order valence-electron chi connectivity index (χ4n) is 2.07. The van der Waals surface area contributed by atoms with E-state index in [4.69, 9.17) is 0 Å². The molecule has 1 nitrogen and oxygen atoms in total. The second kappa shape index (κ2) is 4.96. The van der Waals surface area contributed by atoms with Crippen molar-refractivity contribution in [1.82, 2.24) is 0 Å². The Bertz CT molecular complexity index is 654. The van der Waals surface area contributed by atoms with Crippen molar-refractivity contribution in [2.45, 2.75) is 26.2 Å². The Morgan fingerprint density at radius 2 is 1.47 bits per heavy atom. The van der Waals surface area contributed by atoms with Crippen LogP contribution in [0.25, 0.3) is 11.1 Å². The molecule has 0 fully saturated rings. The van der Waals surface area contributed by atoms with Gasteiger partial charge in [-0.3, -0.25) is 4.79 Å². The monoisotopic (exact) mass is 256 g/mol. The number of halogens is 1. The van der Waals surface area contributed by atoms with E-state index in [1.807, 2.05) is 20.8 Å². The molecule has 98 valence electrons. The molecular weight excluding hydrogens is 239 g/mol. The van der Waals surface area contributed by atoms with E-state index < -0.39 is 0 Å². The first kappa shape index (κ1) is 13.5. The number of hydrogen-bond acceptors (Lipinski definition) is 1. The van der Waals surface area contributed by atoms with Gasteiger partial charge >= 0.3 is 0 Å². The Labute approximate surface area is 112 Å². The quantitative estimate of drug-likeness (QED) is 0.749. The summed E-state index contributed by atoms with van der Waals surface area (Å²) in [4.78, 5) is 12.0. The van der Waals surface area contributed by atoms with Crippen molar-refractivity contribution < 1.29 is 4.39 Å². The third-order valence-corrected chi connectivity index (χ3v) is 3.10. The lowest BCUT2D eigenvalue weighted by atomic mass is 9.85. The minimum absolute atomic E-state index is 0.171. The van der Waals surface area contributed by atoms with Crippen molar-refractivity contribution in [3.8, 4) is 11.1 Å². The van der Waals surface area contributed by atoms with Gasteiger partial charge in [-0.25, -0.2) is 4.39 Å². The zero-order chi connectivity index (χ0) is 14.0. The van der Waals surface area contributed by atoms with Gasteiger partial charge < -0.3 is 0 Å². The highest BCUT2D eigenvalue weighted by Gasteiger charge is 2.21. The Hall–Kier alpha value is -1.96. The predicted molar refractivity (Wildman–Crippen MR) is 76.8 cm³/mol. The molecule has 0 bridgehead atoms. The van der Waals surface area contributed by atoms with Crippen LogP contribution in [0.15, 0.2) is 53.3 Å². The van der Waals surface area contributed by atoms with Gasteiger partial charge in [-0.1, -0.05) is 63.2 Å². The average Bonchev–Trinajstić information content (AvgIpc) is 2.53. The summed E-state index contributed by atoms with van der Waals surface area (Å²) in [6, 6.07) is 13.5. The van der Waals surface area contributed by atoms with Gasteiger partial charge in [0.15, 0.2) is 5.43 Å². The van der Waals surface area contributed by atoms with Crippen LogP contribution in [-0.4, -0.2) is 0 Å². The first-order valence-corrected chi connectivity index (χ1v) is 6.30. The highest BCUT2D eigenvalue weighted by molar-refractivity contribution is 5.65. The van der Waals surface area contributed by atoms with E-state index in [9.17, 15) is 9.18 Å². The standard InChI is InChI=1S/C17H17FO/c1-17(2,3)14-10-7-9-13(16(14)18)12-8-5-4-6-11-15(12)19/h4-11H,1-3H3. The summed E-state index contributed by atoms with van der Waals surface area (Å²) in [5.74, 6) is -0.307. The summed E-state index contributed by atoms with van der Waals surface area (Å²) in [5, 5.41) is 0. The van der Waals surface area contributed by atoms with E-state index in [2.05, 4.69) is 0 Å². The second-order valence-corrected chi connectivity index (χ2v) is 5.61. The highest BCUT2D eigenvalue weighted by Crippen LogP contribution is 2.30. The molecule has 19 heavy (non-hydrogen) atoms. The van der Waals surface area contributed by atoms with Crippen molar-refractivity contribution in [1.29, 1.82) is 0 Å². The molecule has 0 radical (unpaired) electrons. The van der Waals surface area contributed by atoms with E-state index in [0.29, 0.717) is 16.7 Å². The van der Waals surface area contributed by atoms with E-state index in [-0.39, 0.29) is 16.7 Å². The van der Waals surface area contributed by atoms with Crippen molar-refractivity contribution >= 4 is 0 Å². The maximum absolute atomic E-state index is 14.6. The Morgan fingerprint density at radius 3 is 2.16 bits per heavy atom. The first-order valence-electron chi connectivity index (χ1n) is 6.30. The van der Waals surface area contributed by atoms with Gasteiger partial charge in [0.1, 0.15) is 5.82 Å². The van der Waals surface area contributed by atoms with E-state index >= 15 is 0 Å². The first-order chi connectivity index (χ1) is 8.91. The van der Waals surface area contributed by atoms with Crippen LogP contribution in [0.4, 0.5) is 4.39 Å². The van der Waals surface area contributed by atoms with Gasteiger partial charge in [-0.05, 0) is 17.0 Å². The van der Waals surface area contributed by atoms with Crippen molar-refractivity contribution in [2.24, 2.45) is 0 Å². The molecule has 0 aliphatic rings. The van der Waals surface area contributed by atoms with Crippen molar-refractivity contribution in [3.63, 3.8) is 0 Å². The minimum atomic E-state index is -0.307. The molecule has 0 saturated carbocycles. The van der Waals surface area contributed by atoms with Crippen molar-refractivity contribution in [3.05, 3.63) is 70.1 Å². The lowest BCUT2D eigenvalue weighted by molar-refractivity contribution is 0.525. The smallest absolute Gasteiger partial charge is 0.186 e. The van der Waals surface area contributed by atoms with Crippen LogP contribution >= 0.6 is 0 Å². The third kappa shape index (κ3) is 2.73. The maximum atomic E-state index is 14.6. The molecule has 0 heterocycles. The summed E-state index contributed by atoms with van der Waals surface area (Å²) in [6.07, 6.45) is 0. The van der Waals surface area contributed by atoms with Gasteiger partial charge in [0.05, 0.1) is 0 Å². The normalized spacial score (nSPS) is 11.4. The zero-order valence-electron chi connectivity index (χ0n) is 11.4. The largest absolute Gasteiger partial charge is 0.289 e. The fraction of sp³-hybridized carbons (Fsp3) is 0.235. The molecule has 2 heteroatoms. The molecule has 0 aliphatic heterocycles. The molecule has 0 N–H and O–H groups in total. The molecule has 0 saturated heterocycles. The van der Waals surface area contributed by atoms with Crippen LogP contribution in [-0.2, 0) is 5.41 Å². The third-order valence-electron chi connectivity index (χ3n) is 3.10. The van der Waals surface area contributed by atoms with E-state index in [1.165, 1.54) is 6.07 Å². The summed E-state index contributed by atoms with van der Waals surface area (Å²) < 4.78 is 14.6. The van der Waals surface area contributed by atoms with Crippen molar-refractivity contribution in [2.75, 3.05) is 0 Å². The van der Waals surface area contributed by atoms with Gasteiger partial charge in [-0.15, -0.1) is 0 Å². The predicted octanol–water partition coefficient (Wildman–Crippen LogP) is 4.15. The summed E-state index contributed by atoms with van der Waals surface area (Å²) in [5.41, 5.74) is 0.924. The number of benzene rings is 1. The zero-order valence-corrected chi connectivity index (χ0v) is 11.4. The fourth-order valence-corrected chi connectivity index (χ4v) is 2.07. The number of hydrogen-bond donors (Lipinski definition) is 0. The van der Waals surface area contributed by atoms with Crippen LogP contribution in [0.2, 0.25) is 0 Å². The molecule has 0 aliphatic carbocycles. The topological polar surface area (TPSA) is 17.1 Å². The Morgan fingerprint density at radius 1 is 0.842 bits per heavy atom. The molecule has 2 rings (SSSR count). The summed E-state index contributed by atoms with van der Waals surface area (Å²) in [6.45, 7) is 5.87. The van der Waals surface area contributed by atoms with Gasteiger partial charge in [0.2, 0.25) is 0 Å². The summed E-state index contributed by atoms with van der Waals surface area (Å²) in [7, 11) is 0. The maximum Gasteiger partial charge on any atom is 0.186 e. The van der Waals surface area contributed by atoms with E-state index in [1.54, 1.807) is 42.5 Å². The van der Waals surface area contributed by atoms with Crippen LogP contribution < -0.4 is 5.43 Å². The molecule has 0 spiro atoms. The Kier molecular flexibility index (Phi) is 3.52. The molecular formula is C17H17FO. The SMILES string of the molecule is CC(C)(C)c1cccc(-c2cccccc2=O)c1F. The molecule has 0 unspecified atom stereocenters. The second-order valence-electron chi connectivity index (χ2n) is 5.61. The molecule has 0 atom stereocenters. The molecule has 2 aromatic rings. The number of rotatable bonds is 1. The molecule has 0 aromatic heterocycles. The highest BCUT2D eigenvalue weighted by atomic mass is 19.1. The Balaban J connectivity index is 2.72. The minimum Gasteiger partial charge on any atom is -0.289 e. The van der Waals surface area contributed by atoms with Gasteiger partial charge in [0.25, 0.3) is 0 Å². The van der Waals surface area contributed by atoms with Gasteiger partial charge in [0, 0.05) is 11.1 Å². The molecule has 2 aromatic carbocycles. The van der Waals surface area contributed by atoms with Crippen LogP contribution in [0.1, 0.15) is 26.3 Å². The van der Waals surface area contributed by atoms with E-state index in [0.717, 1.165) is 0 Å².